The van der Waals surface area contributed by atoms with Crippen LogP contribution in [0.4, 0.5) is 5.95 Å². The highest BCUT2D eigenvalue weighted by Crippen LogP contribution is 2.26. The van der Waals surface area contributed by atoms with Gasteiger partial charge in [0.2, 0.25) is 5.95 Å². The molecular formula is C29H32N4O3S. The molecule has 0 bridgehead atoms. The van der Waals surface area contributed by atoms with Gasteiger partial charge in [-0.1, -0.05) is 36.4 Å². The molecule has 0 unspecified atom stereocenters. The third kappa shape index (κ3) is 6.90. The van der Waals surface area contributed by atoms with E-state index < -0.39 is 0 Å². The van der Waals surface area contributed by atoms with Crippen LogP contribution in [0.25, 0.3) is 10.2 Å². The van der Waals surface area contributed by atoms with Gasteiger partial charge < -0.3 is 15.2 Å². The number of hydrogen-bond donors (Lipinski definition) is 2. The fourth-order valence-electron chi connectivity index (χ4n) is 4.74. The number of anilines is 1. The Kier molecular flexibility index (Phi) is 8.06. The Labute approximate surface area is 221 Å². The van der Waals surface area contributed by atoms with Crippen LogP contribution in [0, 0.1) is 0 Å². The Hall–Kier alpha value is -3.36. The molecule has 2 aromatic carbocycles. The van der Waals surface area contributed by atoms with Crippen molar-refractivity contribution in [3.63, 3.8) is 0 Å². The standard InChI is InChI=1S/C29H32N4O3S/c1-2-36-28(35)16-20-8-13-25-26(15-20)37-27(33-25)18-23-17-22(14-19-6-4-3-5-7-19)31-29(32-23)30-21-9-11-24(34)12-10-21/h3-8,13,15,17,21,24,34H,2,9-12,14,16,18H2,1H3,(H,30,31,32). The number of benzene rings is 2. The average molecular weight is 517 g/mol. The van der Waals surface area contributed by atoms with Crippen LogP contribution in [-0.2, 0) is 28.8 Å². The van der Waals surface area contributed by atoms with Gasteiger partial charge in [-0.05, 0) is 61.9 Å². The first-order valence-corrected chi connectivity index (χ1v) is 13.7. The lowest BCUT2D eigenvalue weighted by molar-refractivity contribution is -0.142. The third-order valence-corrected chi connectivity index (χ3v) is 7.59. The predicted molar refractivity (Wildman–Crippen MR) is 146 cm³/mol. The predicted octanol–water partition coefficient (Wildman–Crippen LogP) is 5.09. The molecule has 4 aromatic rings. The minimum atomic E-state index is -0.217. The van der Waals surface area contributed by atoms with Crippen LogP contribution in [-0.4, -0.2) is 44.8 Å². The van der Waals surface area contributed by atoms with Gasteiger partial charge in [0.25, 0.3) is 0 Å². The number of carbonyl (C=O) groups excluding carboxylic acids is 1. The number of ether oxygens (including phenoxy) is 1. The van der Waals surface area contributed by atoms with E-state index in [1.165, 1.54) is 5.56 Å². The molecule has 1 fully saturated rings. The van der Waals surface area contributed by atoms with Crippen LogP contribution in [0.1, 0.15) is 60.1 Å². The van der Waals surface area contributed by atoms with Gasteiger partial charge in [0, 0.05) is 18.9 Å². The van der Waals surface area contributed by atoms with Crippen molar-refractivity contribution < 1.29 is 14.6 Å². The largest absolute Gasteiger partial charge is 0.466 e. The van der Waals surface area contributed by atoms with E-state index in [0.29, 0.717) is 19.0 Å². The van der Waals surface area contributed by atoms with Crippen LogP contribution < -0.4 is 5.32 Å². The summed E-state index contributed by atoms with van der Waals surface area (Å²) in [6, 6.07) is 18.6. The van der Waals surface area contributed by atoms with Crippen molar-refractivity contribution in [2.45, 2.75) is 64.0 Å². The number of aliphatic hydroxyl groups is 1. The number of rotatable bonds is 9. The normalized spacial score (nSPS) is 17.6. The second kappa shape index (κ2) is 11.8. The maximum atomic E-state index is 11.9. The van der Waals surface area contributed by atoms with Crippen molar-refractivity contribution >= 4 is 33.5 Å². The number of hydrogen-bond acceptors (Lipinski definition) is 8. The van der Waals surface area contributed by atoms with Gasteiger partial charge in [0.1, 0.15) is 0 Å². The Bertz CT molecular complexity index is 1350. The van der Waals surface area contributed by atoms with E-state index in [1.54, 1.807) is 11.3 Å². The van der Waals surface area contributed by atoms with Gasteiger partial charge >= 0.3 is 5.97 Å². The Morgan fingerprint density at radius 3 is 2.49 bits per heavy atom. The lowest BCUT2D eigenvalue weighted by Gasteiger charge is -2.26. The Morgan fingerprint density at radius 1 is 0.973 bits per heavy atom. The van der Waals surface area contributed by atoms with E-state index in [0.717, 1.165) is 64.3 Å². The summed E-state index contributed by atoms with van der Waals surface area (Å²) in [6.07, 6.45) is 4.83. The van der Waals surface area contributed by atoms with Gasteiger partial charge in [0.15, 0.2) is 0 Å². The van der Waals surface area contributed by atoms with Crippen LogP contribution in [0.15, 0.2) is 54.6 Å². The first-order chi connectivity index (χ1) is 18.0. The summed E-state index contributed by atoms with van der Waals surface area (Å²) in [5.74, 6) is 0.425. The van der Waals surface area contributed by atoms with Gasteiger partial charge in [-0.3, -0.25) is 4.79 Å². The molecule has 2 N–H and O–H groups in total. The molecular weight excluding hydrogens is 484 g/mol. The van der Waals surface area contributed by atoms with Crippen LogP contribution in [0.2, 0.25) is 0 Å². The second-order valence-electron chi connectivity index (χ2n) is 9.55. The number of carbonyl (C=O) groups is 1. The van der Waals surface area contributed by atoms with Crippen molar-refractivity contribution in [2.75, 3.05) is 11.9 Å². The fraction of sp³-hybridized carbons (Fsp3) is 0.379. The van der Waals surface area contributed by atoms with E-state index in [-0.39, 0.29) is 24.5 Å². The molecule has 0 saturated heterocycles. The monoisotopic (exact) mass is 516 g/mol. The average Bonchev–Trinajstić information content (AvgIpc) is 3.27. The number of nitrogens with zero attached hydrogens (tertiary/aromatic N) is 3. The molecule has 5 rings (SSSR count). The van der Waals surface area contributed by atoms with E-state index in [2.05, 4.69) is 23.5 Å². The van der Waals surface area contributed by atoms with Crippen molar-refractivity contribution in [1.82, 2.24) is 15.0 Å². The Balaban J connectivity index is 1.37. The molecule has 1 aliphatic rings. The lowest BCUT2D eigenvalue weighted by Crippen LogP contribution is -2.29. The second-order valence-corrected chi connectivity index (χ2v) is 10.7. The summed E-state index contributed by atoms with van der Waals surface area (Å²) in [5, 5.41) is 14.4. The van der Waals surface area contributed by atoms with E-state index >= 15 is 0 Å². The summed E-state index contributed by atoms with van der Waals surface area (Å²) in [7, 11) is 0. The van der Waals surface area contributed by atoms with Crippen molar-refractivity contribution in [3.8, 4) is 0 Å². The lowest BCUT2D eigenvalue weighted by atomic mass is 9.93. The van der Waals surface area contributed by atoms with E-state index in [9.17, 15) is 9.90 Å². The molecule has 0 aliphatic heterocycles. The quantitative estimate of drug-likeness (QED) is 0.299. The molecule has 1 aliphatic carbocycles. The highest BCUT2D eigenvalue weighted by atomic mass is 32.1. The minimum absolute atomic E-state index is 0.198. The number of esters is 1. The van der Waals surface area contributed by atoms with Gasteiger partial charge in [-0.15, -0.1) is 11.3 Å². The molecule has 2 aromatic heterocycles. The van der Waals surface area contributed by atoms with Gasteiger partial charge in [0.05, 0.1) is 45.7 Å². The molecule has 192 valence electrons. The third-order valence-electron chi connectivity index (χ3n) is 6.57. The zero-order valence-electron chi connectivity index (χ0n) is 21.0. The summed E-state index contributed by atoms with van der Waals surface area (Å²) < 4.78 is 6.13. The topological polar surface area (TPSA) is 97.2 Å². The molecule has 2 heterocycles. The van der Waals surface area contributed by atoms with Gasteiger partial charge in [-0.2, -0.15) is 0 Å². The number of fused-ring (bicyclic) bond motifs is 1. The number of thiazole rings is 1. The summed E-state index contributed by atoms with van der Waals surface area (Å²) in [5.41, 5.74) is 4.94. The molecule has 0 radical (unpaired) electrons. The highest BCUT2D eigenvalue weighted by Gasteiger charge is 2.20. The van der Waals surface area contributed by atoms with E-state index in [4.69, 9.17) is 19.7 Å². The summed E-state index contributed by atoms with van der Waals surface area (Å²) in [4.78, 5) is 26.4. The Morgan fingerprint density at radius 2 is 1.73 bits per heavy atom. The first kappa shape index (κ1) is 25.3. The number of aliphatic hydroxyl groups excluding tert-OH is 1. The zero-order chi connectivity index (χ0) is 25.6. The molecule has 0 atom stereocenters. The molecule has 37 heavy (non-hydrogen) atoms. The number of nitrogens with one attached hydrogen (secondary N) is 1. The van der Waals surface area contributed by atoms with Crippen LogP contribution in [0.3, 0.4) is 0 Å². The molecule has 8 heteroatoms. The maximum absolute atomic E-state index is 11.9. The van der Waals surface area contributed by atoms with Crippen molar-refractivity contribution in [1.29, 1.82) is 0 Å². The van der Waals surface area contributed by atoms with Crippen molar-refractivity contribution in [3.05, 3.63) is 82.1 Å². The highest BCUT2D eigenvalue weighted by molar-refractivity contribution is 7.18. The maximum Gasteiger partial charge on any atom is 0.310 e. The zero-order valence-corrected chi connectivity index (χ0v) is 21.8. The van der Waals surface area contributed by atoms with Crippen LogP contribution in [0.5, 0.6) is 0 Å². The van der Waals surface area contributed by atoms with E-state index in [1.807, 2.05) is 43.3 Å². The molecule has 7 nitrogen and oxygen atoms in total. The molecule has 0 spiro atoms. The molecule has 1 saturated carbocycles. The van der Waals surface area contributed by atoms with Crippen molar-refractivity contribution in [2.24, 2.45) is 0 Å². The first-order valence-electron chi connectivity index (χ1n) is 12.9. The van der Waals surface area contributed by atoms with Crippen LogP contribution >= 0.6 is 11.3 Å². The molecule has 0 amide bonds. The fourth-order valence-corrected chi connectivity index (χ4v) is 5.79. The SMILES string of the molecule is CCOC(=O)Cc1ccc2nc(Cc3cc(Cc4ccccc4)nc(NC4CCC(O)CC4)n3)sc2c1. The minimum Gasteiger partial charge on any atom is -0.466 e. The summed E-state index contributed by atoms with van der Waals surface area (Å²) in [6.45, 7) is 2.20. The smallest absolute Gasteiger partial charge is 0.310 e. The number of aromatic nitrogens is 3. The summed E-state index contributed by atoms with van der Waals surface area (Å²) >= 11 is 1.63. The van der Waals surface area contributed by atoms with Gasteiger partial charge in [-0.25, -0.2) is 15.0 Å².